The highest BCUT2D eigenvalue weighted by atomic mass is 32.1. The standard InChI is InChI=1S/C31H37N5O4S/c1-31(2,3)40-29(39)34-25(16-21-18-32-23-13-8-7-12-22(21)23)28(38)33-24-14-9-15-35-26(24)17-27(37)36(30(35)41)19-20-10-5-4-6-11-20/h4-8,10-13,18,24-26,32H,9,14-17,19H2,1-3H3,(H,33,38)(H,34,39)/t24-,25+,26+/m1/s1. The number of thiocarbonyl (C=S) groups is 1. The molecule has 216 valence electrons. The molecule has 0 radical (unpaired) electrons. The Kier molecular flexibility index (Phi) is 8.30. The number of nitrogens with zero attached hydrogens (tertiary/aromatic N) is 2. The number of fused-ring (bicyclic) bond motifs is 2. The molecule has 3 aromatic rings. The molecule has 10 heteroatoms. The quantitative estimate of drug-likeness (QED) is 0.364. The molecule has 9 nitrogen and oxygen atoms in total. The van der Waals surface area contributed by atoms with Crippen molar-refractivity contribution in [2.24, 2.45) is 0 Å². The third-order valence-electron chi connectivity index (χ3n) is 7.56. The Morgan fingerprint density at radius 3 is 2.61 bits per heavy atom. The molecule has 0 bridgehead atoms. The summed E-state index contributed by atoms with van der Waals surface area (Å²) >= 11 is 5.79. The number of aromatic nitrogens is 1. The molecule has 3 atom stereocenters. The summed E-state index contributed by atoms with van der Waals surface area (Å²) in [6, 6.07) is 16.2. The first-order chi connectivity index (χ1) is 19.6. The summed E-state index contributed by atoms with van der Waals surface area (Å²) in [5.74, 6) is -0.374. The van der Waals surface area contributed by atoms with Crippen LogP contribution in [0.25, 0.3) is 10.9 Å². The van der Waals surface area contributed by atoms with Crippen LogP contribution in [0.3, 0.4) is 0 Å². The predicted molar refractivity (Wildman–Crippen MR) is 161 cm³/mol. The van der Waals surface area contributed by atoms with Crippen molar-refractivity contribution in [3.8, 4) is 0 Å². The van der Waals surface area contributed by atoms with Crippen LogP contribution in [0.5, 0.6) is 0 Å². The highest BCUT2D eigenvalue weighted by Gasteiger charge is 2.43. The van der Waals surface area contributed by atoms with Crippen molar-refractivity contribution in [2.75, 3.05) is 6.54 Å². The van der Waals surface area contributed by atoms with Gasteiger partial charge in [0.15, 0.2) is 5.11 Å². The number of para-hydroxylation sites is 1. The van der Waals surface area contributed by atoms with Gasteiger partial charge in [0, 0.05) is 42.5 Å². The van der Waals surface area contributed by atoms with E-state index in [0.29, 0.717) is 18.1 Å². The molecule has 3 heterocycles. The van der Waals surface area contributed by atoms with E-state index in [2.05, 4.69) is 20.5 Å². The molecule has 1 aromatic heterocycles. The van der Waals surface area contributed by atoms with Crippen molar-refractivity contribution in [1.82, 2.24) is 25.4 Å². The van der Waals surface area contributed by atoms with Gasteiger partial charge in [0.25, 0.3) is 0 Å². The summed E-state index contributed by atoms with van der Waals surface area (Å²) in [7, 11) is 0. The topological polar surface area (TPSA) is 107 Å². The lowest BCUT2D eigenvalue weighted by Gasteiger charge is -2.48. The number of piperidine rings is 1. The van der Waals surface area contributed by atoms with E-state index in [1.807, 2.05) is 60.8 Å². The maximum Gasteiger partial charge on any atom is 0.408 e. The number of nitrogens with one attached hydrogen (secondary N) is 3. The zero-order valence-electron chi connectivity index (χ0n) is 23.7. The van der Waals surface area contributed by atoms with Gasteiger partial charge in [-0.05, 0) is 63.0 Å². The minimum atomic E-state index is -0.875. The fraction of sp³-hybridized carbons (Fsp3) is 0.419. The minimum Gasteiger partial charge on any atom is -0.444 e. The zero-order valence-corrected chi connectivity index (χ0v) is 24.5. The highest BCUT2D eigenvalue weighted by Crippen LogP contribution is 2.28. The summed E-state index contributed by atoms with van der Waals surface area (Å²) in [5.41, 5.74) is 2.17. The van der Waals surface area contributed by atoms with E-state index in [-0.39, 0.29) is 36.7 Å². The molecule has 0 unspecified atom stereocenters. The van der Waals surface area contributed by atoms with Crippen LogP contribution >= 0.6 is 12.2 Å². The first-order valence-corrected chi connectivity index (χ1v) is 14.5. The number of alkyl carbamates (subject to hydrolysis) is 1. The highest BCUT2D eigenvalue weighted by molar-refractivity contribution is 7.80. The lowest BCUT2D eigenvalue weighted by Crippen LogP contribution is -2.65. The average Bonchev–Trinajstić information content (AvgIpc) is 3.33. The van der Waals surface area contributed by atoms with E-state index in [9.17, 15) is 14.4 Å². The summed E-state index contributed by atoms with van der Waals surface area (Å²) in [6.07, 6.45) is 3.27. The Morgan fingerprint density at radius 1 is 1.12 bits per heavy atom. The molecule has 2 aromatic carbocycles. The van der Waals surface area contributed by atoms with Gasteiger partial charge in [0.2, 0.25) is 11.8 Å². The molecule has 0 aliphatic carbocycles. The molecule has 0 saturated carbocycles. The van der Waals surface area contributed by atoms with Crippen molar-refractivity contribution in [3.63, 3.8) is 0 Å². The number of H-pyrrole nitrogens is 1. The normalized spacial score (nSPS) is 20.0. The first kappa shape index (κ1) is 28.6. The van der Waals surface area contributed by atoms with Gasteiger partial charge < -0.3 is 25.3 Å². The zero-order chi connectivity index (χ0) is 29.1. The SMILES string of the molecule is CC(C)(C)OC(=O)N[C@@H](Cc1c[nH]c2ccccc12)C(=O)N[C@@H]1CCCN2C(=S)N(Cc3ccccc3)C(=O)C[C@@H]12. The number of amides is 3. The van der Waals surface area contributed by atoms with Crippen LogP contribution in [-0.2, 0) is 27.3 Å². The van der Waals surface area contributed by atoms with E-state index in [0.717, 1.165) is 35.0 Å². The number of carbonyl (C=O) groups is 3. The van der Waals surface area contributed by atoms with E-state index in [1.54, 1.807) is 25.7 Å². The maximum atomic E-state index is 13.8. The van der Waals surface area contributed by atoms with Gasteiger partial charge >= 0.3 is 6.09 Å². The van der Waals surface area contributed by atoms with Crippen molar-refractivity contribution in [3.05, 3.63) is 71.9 Å². The van der Waals surface area contributed by atoms with Crippen LogP contribution in [-0.4, -0.2) is 68.1 Å². The second-order valence-electron chi connectivity index (χ2n) is 11.7. The Bertz CT molecular complexity index is 1430. The van der Waals surface area contributed by atoms with Gasteiger partial charge in [-0.25, -0.2) is 4.79 Å². The van der Waals surface area contributed by atoms with E-state index in [1.165, 1.54) is 0 Å². The lowest BCUT2D eigenvalue weighted by atomic mass is 9.91. The average molecular weight is 576 g/mol. The van der Waals surface area contributed by atoms with Crippen molar-refractivity contribution >= 4 is 46.1 Å². The van der Waals surface area contributed by atoms with Crippen molar-refractivity contribution in [1.29, 1.82) is 0 Å². The van der Waals surface area contributed by atoms with Crippen molar-refractivity contribution in [2.45, 2.75) is 76.7 Å². The van der Waals surface area contributed by atoms with Crippen LogP contribution in [0.15, 0.2) is 60.8 Å². The monoisotopic (exact) mass is 575 g/mol. The maximum absolute atomic E-state index is 13.8. The summed E-state index contributed by atoms with van der Waals surface area (Å²) in [6.45, 7) is 6.49. The van der Waals surface area contributed by atoms with E-state index >= 15 is 0 Å². The molecular formula is C31H37N5O4S. The molecule has 5 rings (SSSR count). The van der Waals surface area contributed by atoms with Gasteiger partial charge in [-0.1, -0.05) is 48.5 Å². The summed E-state index contributed by atoms with van der Waals surface area (Å²) in [4.78, 5) is 46.8. The van der Waals surface area contributed by atoms with Gasteiger partial charge in [-0.2, -0.15) is 0 Å². The molecular weight excluding hydrogens is 538 g/mol. The summed E-state index contributed by atoms with van der Waals surface area (Å²) < 4.78 is 5.48. The molecule has 2 aliphatic rings. The first-order valence-electron chi connectivity index (χ1n) is 14.1. The number of ether oxygens (including phenoxy) is 1. The Hall–Kier alpha value is -3.92. The number of hydrogen-bond acceptors (Lipinski definition) is 5. The fourth-order valence-corrected chi connectivity index (χ4v) is 6.04. The van der Waals surface area contributed by atoms with Crippen LogP contribution in [0.4, 0.5) is 4.79 Å². The number of rotatable bonds is 7. The van der Waals surface area contributed by atoms with Gasteiger partial charge in [0.05, 0.1) is 12.6 Å². The molecule has 3 N–H and O–H groups in total. The Labute approximate surface area is 245 Å². The molecule has 41 heavy (non-hydrogen) atoms. The molecule has 2 fully saturated rings. The fourth-order valence-electron chi connectivity index (χ4n) is 5.65. The van der Waals surface area contributed by atoms with Gasteiger partial charge in [-0.3, -0.25) is 14.5 Å². The Balaban J connectivity index is 1.32. The van der Waals surface area contributed by atoms with E-state index < -0.39 is 17.7 Å². The number of benzene rings is 2. The van der Waals surface area contributed by atoms with E-state index in [4.69, 9.17) is 17.0 Å². The molecule has 2 aliphatic heterocycles. The van der Waals surface area contributed by atoms with Crippen LogP contribution < -0.4 is 10.6 Å². The van der Waals surface area contributed by atoms with Crippen molar-refractivity contribution < 1.29 is 19.1 Å². The molecule has 2 saturated heterocycles. The molecule has 0 spiro atoms. The minimum absolute atomic E-state index is 0.0523. The lowest BCUT2D eigenvalue weighted by molar-refractivity contribution is -0.133. The van der Waals surface area contributed by atoms with Gasteiger partial charge in [-0.15, -0.1) is 0 Å². The largest absolute Gasteiger partial charge is 0.444 e. The van der Waals surface area contributed by atoms with Crippen LogP contribution in [0.1, 0.15) is 51.2 Å². The van der Waals surface area contributed by atoms with Gasteiger partial charge in [0.1, 0.15) is 11.6 Å². The molecule has 3 amide bonds. The Morgan fingerprint density at radius 2 is 1.85 bits per heavy atom. The van der Waals surface area contributed by atoms with Crippen LogP contribution in [0.2, 0.25) is 0 Å². The third-order valence-corrected chi connectivity index (χ3v) is 8.01. The van der Waals surface area contributed by atoms with Crippen LogP contribution in [0, 0.1) is 0 Å². The number of hydrogen-bond donors (Lipinski definition) is 3. The third kappa shape index (κ3) is 6.70. The summed E-state index contributed by atoms with van der Waals surface area (Å²) in [5, 5.41) is 7.43. The number of carbonyl (C=O) groups excluding carboxylic acids is 3. The number of aromatic amines is 1. The second kappa shape index (κ2) is 11.9. The second-order valence-corrected chi connectivity index (χ2v) is 12.1. The smallest absolute Gasteiger partial charge is 0.408 e. The predicted octanol–water partition coefficient (Wildman–Crippen LogP) is 4.27.